The molecule has 72 valence electrons. The minimum absolute atomic E-state index is 0.597. The van der Waals surface area contributed by atoms with E-state index in [2.05, 4.69) is 38.4 Å². The maximum atomic E-state index is 4.02. The van der Waals surface area contributed by atoms with Gasteiger partial charge in [0.25, 0.3) is 0 Å². The molecule has 1 aromatic rings. The van der Waals surface area contributed by atoms with Crippen LogP contribution in [0.5, 0.6) is 0 Å². The van der Waals surface area contributed by atoms with Gasteiger partial charge in [0.2, 0.25) is 5.13 Å². The number of nitrogens with zero attached hydrogens (tertiary/aromatic N) is 2. The molecule has 0 radical (unpaired) electrons. The van der Waals surface area contributed by atoms with Crippen molar-refractivity contribution in [3.05, 3.63) is 3.92 Å². The van der Waals surface area contributed by atoms with E-state index < -0.39 is 0 Å². The second-order valence-corrected chi connectivity index (χ2v) is 5.77. The molecule has 0 saturated heterocycles. The van der Waals surface area contributed by atoms with Gasteiger partial charge in [-0.3, -0.25) is 0 Å². The number of nitrogens with one attached hydrogen (secondary N) is 1. The van der Waals surface area contributed by atoms with E-state index in [-0.39, 0.29) is 0 Å². The van der Waals surface area contributed by atoms with Gasteiger partial charge in [-0.2, -0.15) is 0 Å². The van der Waals surface area contributed by atoms with Crippen molar-refractivity contribution in [3.8, 4) is 0 Å². The van der Waals surface area contributed by atoms with Crippen LogP contribution in [0.1, 0.15) is 26.2 Å². The van der Waals surface area contributed by atoms with E-state index >= 15 is 0 Å². The van der Waals surface area contributed by atoms with Crippen LogP contribution in [-0.2, 0) is 0 Å². The number of halogens is 1. The summed E-state index contributed by atoms with van der Waals surface area (Å²) in [6.45, 7) is 2.29. The zero-order chi connectivity index (χ0) is 9.26. The van der Waals surface area contributed by atoms with E-state index in [0.717, 1.165) is 15.0 Å². The lowest BCUT2D eigenvalue weighted by molar-refractivity contribution is 0.555. The Morgan fingerprint density at radius 3 is 2.85 bits per heavy atom. The molecule has 0 amide bonds. The maximum Gasteiger partial charge on any atom is 0.206 e. The molecule has 1 N–H and O–H groups in total. The predicted octanol–water partition coefficient (Wildman–Crippen LogP) is 2.90. The number of hydrogen-bond acceptors (Lipinski definition) is 4. The summed E-state index contributed by atoms with van der Waals surface area (Å²) in [7, 11) is 0. The lowest BCUT2D eigenvalue weighted by atomic mass is 10.1. The van der Waals surface area contributed by atoms with Crippen molar-refractivity contribution >= 4 is 32.4 Å². The lowest BCUT2D eigenvalue weighted by Gasteiger charge is -2.15. The van der Waals surface area contributed by atoms with Crippen LogP contribution in [0.4, 0.5) is 5.13 Å². The third-order valence-corrected chi connectivity index (χ3v) is 3.86. The van der Waals surface area contributed by atoms with Crippen molar-refractivity contribution in [1.29, 1.82) is 0 Å². The molecule has 2 rings (SSSR count). The molecule has 1 heterocycles. The highest BCUT2D eigenvalue weighted by atomic mass is 79.9. The minimum Gasteiger partial charge on any atom is -0.357 e. The first kappa shape index (κ1) is 9.40. The SMILES string of the molecule is CC1CCCC1Nc1nnc(Br)s1. The molecule has 0 aromatic carbocycles. The molecule has 1 aliphatic carbocycles. The number of anilines is 1. The van der Waals surface area contributed by atoms with Gasteiger partial charge in [0.15, 0.2) is 3.92 Å². The van der Waals surface area contributed by atoms with Crippen molar-refractivity contribution in [2.45, 2.75) is 32.2 Å². The molecule has 13 heavy (non-hydrogen) atoms. The van der Waals surface area contributed by atoms with Crippen LogP contribution in [0.25, 0.3) is 0 Å². The molecule has 3 nitrogen and oxygen atoms in total. The summed E-state index contributed by atoms with van der Waals surface area (Å²) in [5.41, 5.74) is 0. The van der Waals surface area contributed by atoms with Crippen LogP contribution in [0.2, 0.25) is 0 Å². The smallest absolute Gasteiger partial charge is 0.206 e. The standard InChI is InChI=1S/C8H12BrN3S/c1-5-3-2-4-6(5)10-8-12-11-7(9)13-8/h5-6H,2-4H2,1H3,(H,10,12). The summed E-state index contributed by atoms with van der Waals surface area (Å²) in [4.78, 5) is 0. The molecular formula is C8H12BrN3S. The van der Waals surface area contributed by atoms with Crippen molar-refractivity contribution in [1.82, 2.24) is 10.2 Å². The highest BCUT2D eigenvalue weighted by Gasteiger charge is 2.23. The minimum atomic E-state index is 0.597. The summed E-state index contributed by atoms with van der Waals surface area (Å²) in [5, 5.41) is 12.3. The van der Waals surface area contributed by atoms with Crippen LogP contribution in [0.3, 0.4) is 0 Å². The first-order valence-electron chi connectivity index (χ1n) is 4.51. The zero-order valence-electron chi connectivity index (χ0n) is 7.46. The zero-order valence-corrected chi connectivity index (χ0v) is 9.86. The van der Waals surface area contributed by atoms with Gasteiger partial charge in [-0.1, -0.05) is 24.7 Å². The van der Waals surface area contributed by atoms with Gasteiger partial charge in [-0.15, -0.1) is 10.2 Å². The molecule has 1 aliphatic rings. The van der Waals surface area contributed by atoms with Crippen molar-refractivity contribution in [2.24, 2.45) is 5.92 Å². The Kier molecular flexibility index (Phi) is 2.83. The fraction of sp³-hybridized carbons (Fsp3) is 0.750. The first-order chi connectivity index (χ1) is 6.25. The number of aromatic nitrogens is 2. The van der Waals surface area contributed by atoms with Crippen molar-refractivity contribution < 1.29 is 0 Å². The Bertz CT molecular complexity index is 289. The van der Waals surface area contributed by atoms with Crippen LogP contribution in [0, 0.1) is 5.92 Å². The van der Waals surface area contributed by atoms with Crippen molar-refractivity contribution in [2.75, 3.05) is 5.32 Å². The van der Waals surface area contributed by atoms with Gasteiger partial charge in [0.1, 0.15) is 0 Å². The molecule has 2 unspecified atom stereocenters. The molecule has 1 aromatic heterocycles. The largest absolute Gasteiger partial charge is 0.357 e. The monoisotopic (exact) mass is 261 g/mol. The highest BCUT2D eigenvalue weighted by Crippen LogP contribution is 2.29. The van der Waals surface area contributed by atoms with Crippen LogP contribution < -0.4 is 5.32 Å². The second-order valence-electron chi connectivity index (χ2n) is 3.52. The highest BCUT2D eigenvalue weighted by molar-refractivity contribution is 9.11. The van der Waals surface area contributed by atoms with Crippen LogP contribution in [0.15, 0.2) is 3.92 Å². The number of hydrogen-bond donors (Lipinski definition) is 1. The average Bonchev–Trinajstić information content (AvgIpc) is 2.64. The summed E-state index contributed by atoms with van der Waals surface area (Å²) in [6.07, 6.45) is 3.93. The third-order valence-electron chi connectivity index (χ3n) is 2.57. The Morgan fingerprint density at radius 1 is 1.46 bits per heavy atom. The third kappa shape index (κ3) is 2.20. The fourth-order valence-corrected chi connectivity index (χ4v) is 2.85. The summed E-state index contributed by atoms with van der Waals surface area (Å²) in [6, 6.07) is 0.597. The van der Waals surface area contributed by atoms with Gasteiger partial charge in [0.05, 0.1) is 0 Å². The van der Waals surface area contributed by atoms with E-state index in [9.17, 15) is 0 Å². The average molecular weight is 262 g/mol. The fourth-order valence-electron chi connectivity index (χ4n) is 1.78. The lowest BCUT2D eigenvalue weighted by Crippen LogP contribution is -2.21. The first-order valence-corrected chi connectivity index (χ1v) is 6.12. The topological polar surface area (TPSA) is 37.8 Å². The van der Waals surface area contributed by atoms with Gasteiger partial charge in [-0.25, -0.2) is 0 Å². The number of rotatable bonds is 2. The Balaban J connectivity index is 1.97. The molecule has 1 fully saturated rings. The van der Waals surface area contributed by atoms with Gasteiger partial charge >= 0.3 is 0 Å². The molecule has 5 heteroatoms. The van der Waals surface area contributed by atoms with E-state index in [1.165, 1.54) is 19.3 Å². The van der Waals surface area contributed by atoms with E-state index in [4.69, 9.17) is 0 Å². The predicted molar refractivity (Wildman–Crippen MR) is 58.0 cm³/mol. The Labute approximate surface area is 90.1 Å². The van der Waals surface area contributed by atoms with Crippen LogP contribution >= 0.6 is 27.3 Å². The van der Waals surface area contributed by atoms with E-state index in [0.29, 0.717) is 6.04 Å². The summed E-state index contributed by atoms with van der Waals surface area (Å²) in [5.74, 6) is 0.766. The van der Waals surface area contributed by atoms with Gasteiger partial charge in [-0.05, 0) is 34.7 Å². The Morgan fingerprint density at radius 2 is 2.31 bits per heavy atom. The summed E-state index contributed by atoms with van der Waals surface area (Å²) < 4.78 is 0.848. The maximum absolute atomic E-state index is 4.02. The Hall–Kier alpha value is -0.160. The molecule has 0 aliphatic heterocycles. The molecular weight excluding hydrogens is 250 g/mol. The van der Waals surface area contributed by atoms with Crippen LogP contribution in [-0.4, -0.2) is 16.2 Å². The molecule has 1 saturated carbocycles. The normalized spacial score (nSPS) is 27.8. The molecule has 0 bridgehead atoms. The van der Waals surface area contributed by atoms with Gasteiger partial charge in [0, 0.05) is 6.04 Å². The quantitative estimate of drug-likeness (QED) is 0.890. The van der Waals surface area contributed by atoms with E-state index in [1.807, 2.05) is 0 Å². The van der Waals surface area contributed by atoms with E-state index in [1.54, 1.807) is 11.3 Å². The molecule has 0 spiro atoms. The van der Waals surface area contributed by atoms with Crippen molar-refractivity contribution in [3.63, 3.8) is 0 Å². The molecule has 2 atom stereocenters. The second kappa shape index (κ2) is 3.92. The van der Waals surface area contributed by atoms with Gasteiger partial charge < -0.3 is 5.32 Å². The summed E-state index contributed by atoms with van der Waals surface area (Å²) >= 11 is 4.86.